The normalized spacial score (nSPS) is 22.4. The average Bonchev–Trinajstić information content (AvgIpc) is 2.83. The maximum Gasteiger partial charge on any atom is 0.227 e. The van der Waals surface area contributed by atoms with Gasteiger partial charge in [-0.25, -0.2) is 0 Å². The molecule has 3 heterocycles. The van der Waals surface area contributed by atoms with Crippen molar-refractivity contribution in [3.05, 3.63) is 5.82 Å². The SMILES string of the molecule is Cn1c(C2CCOCC2)nnc1N1CCNCC1. The van der Waals surface area contributed by atoms with Crippen molar-refractivity contribution in [1.82, 2.24) is 20.1 Å². The summed E-state index contributed by atoms with van der Waals surface area (Å²) >= 11 is 0. The Morgan fingerprint density at radius 1 is 1.17 bits per heavy atom. The molecule has 6 nitrogen and oxygen atoms in total. The molecule has 18 heavy (non-hydrogen) atoms. The largest absolute Gasteiger partial charge is 0.381 e. The molecule has 0 unspecified atom stereocenters. The molecular formula is C12H21N5O. The van der Waals surface area contributed by atoms with Gasteiger partial charge >= 0.3 is 0 Å². The van der Waals surface area contributed by atoms with Crippen LogP contribution in [0.15, 0.2) is 0 Å². The fourth-order valence-corrected chi connectivity index (χ4v) is 2.78. The number of hydrogen-bond acceptors (Lipinski definition) is 5. The van der Waals surface area contributed by atoms with Crippen molar-refractivity contribution in [1.29, 1.82) is 0 Å². The molecule has 0 spiro atoms. The molecule has 0 aromatic carbocycles. The van der Waals surface area contributed by atoms with Gasteiger partial charge in [-0.1, -0.05) is 0 Å². The zero-order valence-corrected chi connectivity index (χ0v) is 10.9. The van der Waals surface area contributed by atoms with Gasteiger partial charge in [-0.15, -0.1) is 10.2 Å². The summed E-state index contributed by atoms with van der Waals surface area (Å²) in [5, 5.41) is 12.2. The van der Waals surface area contributed by atoms with E-state index in [1.165, 1.54) is 0 Å². The predicted molar refractivity (Wildman–Crippen MR) is 68.9 cm³/mol. The molecule has 0 saturated carbocycles. The van der Waals surface area contributed by atoms with Crippen LogP contribution in [0.1, 0.15) is 24.6 Å². The number of hydrogen-bond donors (Lipinski definition) is 1. The van der Waals surface area contributed by atoms with E-state index in [4.69, 9.17) is 4.74 Å². The maximum absolute atomic E-state index is 5.41. The molecule has 3 rings (SSSR count). The fourth-order valence-electron chi connectivity index (χ4n) is 2.78. The summed E-state index contributed by atoms with van der Waals surface area (Å²) in [4.78, 5) is 2.31. The minimum atomic E-state index is 0.507. The van der Waals surface area contributed by atoms with Crippen LogP contribution in [0.4, 0.5) is 5.95 Å². The highest BCUT2D eigenvalue weighted by Crippen LogP contribution is 2.27. The van der Waals surface area contributed by atoms with Crippen molar-refractivity contribution in [3.8, 4) is 0 Å². The smallest absolute Gasteiger partial charge is 0.227 e. The molecule has 0 aliphatic carbocycles. The van der Waals surface area contributed by atoms with Gasteiger partial charge in [0.2, 0.25) is 5.95 Å². The van der Waals surface area contributed by atoms with Gasteiger partial charge in [0.15, 0.2) is 0 Å². The van der Waals surface area contributed by atoms with E-state index in [-0.39, 0.29) is 0 Å². The van der Waals surface area contributed by atoms with Crippen LogP contribution in [0.3, 0.4) is 0 Å². The minimum absolute atomic E-state index is 0.507. The Hall–Kier alpha value is -1.14. The van der Waals surface area contributed by atoms with E-state index < -0.39 is 0 Å². The van der Waals surface area contributed by atoms with Crippen molar-refractivity contribution in [2.75, 3.05) is 44.3 Å². The van der Waals surface area contributed by atoms with Crippen LogP contribution >= 0.6 is 0 Å². The zero-order valence-electron chi connectivity index (χ0n) is 10.9. The van der Waals surface area contributed by atoms with Crippen LogP contribution in [0.5, 0.6) is 0 Å². The van der Waals surface area contributed by atoms with Crippen LogP contribution in [-0.2, 0) is 11.8 Å². The lowest BCUT2D eigenvalue weighted by atomic mass is 10.00. The van der Waals surface area contributed by atoms with Gasteiger partial charge in [-0.2, -0.15) is 0 Å². The Labute approximate surface area is 107 Å². The highest BCUT2D eigenvalue weighted by Gasteiger charge is 2.24. The first-order valence-corrected chi connectivity index (χ1v) is 6.79. The second-order valence-electron chi connectivity index (χ2n) is 5.04. The molecule has 0 radical (unpaired) electrons. The molecule has 1 aromatic rings. The highest BCUT2D eigenvalue weighted by molar-refractivity contribution is 5.32. The fraction of sp³-hybridized carbons (Fsp3) is 0.833. The first-order chi connectivity index (χ1) is 8.86. The lowest BCUT2D eigenvalue weighted by molar-refractivity contribution is 0.0830. The van der Waals surface area contributed by atoms with Gasteiger partial charge < -0.3 is 19.5 Å². The first-order valence-electron chi connectivity index (χ1n) is 6.79. The van der Waals surface area contributed by atoms with E-state index >= 15 is 0 Å². The summed E-state index contributed by atoms with van der Waals surface area (Å²) in [6, 6.07) is 0. The Morgan fingerprint density at radius 3 is 2.61 bits per heavy atom. The van der Waals surface area contributed by atoms with E-state index in [0.717, 1.165) is 64.0 Å². The molecule has 2 aliphatic rings. The van der Waals surface area contributed by atoms with Gasteiger partial charge in [-0.3, -0.25) is 0 Å². The number of anilines is 1. The predicted octanol–water partition coefficient (Wildman–Crippen LogP) is 0.119. The summed E-state index contributed by atoms with van der Waals surface area (Å²) in [5.74, 6) is 2.64. The van der Waals surface area contributed by atoms with Gasteiger partial charge in [0, 0.05) is 52.4 Å². The first kappa shape index (κ1) is 11.9. The minimum Gasteiger partial charge on any atom is -0.381 e. The molecule has 0 bridgehead atoms. The maximum atomic E-state index is 5.41. The van der Waals surface area contributed by atoms with Crippen LogP contribution < -0.4 is 10.2 Å². The van der Waals surface area contributed by atoms with E-state index in [0.29, 0.717) is 5.92 Å². The lowest BCUT2D eigenvalue weighted by Gasteiger charge is -2.28. The monoisotopic (exact) mass is 251 g/mol. The second-order valence-corrected chi connectivity index (χ2v) is 5.04. The summed E-state index contributed by atoms with van der Waals surface area (Å²) < 4.78 is 7.58. The van der Waals surface area contributed by atoms with E-state index in [2.05, 4.69) is 32.0 Å². The number of rotatable bonds is 2. The topological polar surface area (TPSA) is 55.2 Å². The number of ether oxygens (including phenoxy) is 1. The third-order valence-electron chi connectivity index (χ3n) is 3.87. The van der Waals surface area contributed by atoms with Gasteiger partial charge in [0.05, 0.1) is 0 Å². The molecule has 1 aromatic heterocycles. The Kier molecular flexibility index (Phi) is 3.47. The van der Waals surface area contributed by atoms with Crippen molar-refractivity contribution in [2.45, 2.75) is 18.8 Å². The zero-order chi connectivity index (χ0) is 12.4. The number of nitrogens with one attached hydrogen (secondary N) is 1. The molecule has 1 N–H and O–H groups in total. The van der Waals surface area contributed by atoms with Crippen LogP contribution in [0.2, 0.25) is 0 Å². The summed E-state index contributed by atoms with van der Waals surface area (Å²) in [7, 11) is 2.09. The standard InChI is InChI=1S/C12H21N5O/c1-16-11(10-2-8-18-9-3-10)14-15-12(16)17-6-4-13-5-7-17/h10,13H,2-9H2,1H3. The van der Waals surface area contributed by atoms with Crippen LogP contribution in [0.25, 0.3) is 0 Å². The Balaban J connectivity index is 1.78. The van der Waals surface area contributed by atoms with Crippen LogP contribution in [0, 0.1) is 0 Å². The van der Waals surface area contributed by atoms with Crippen LogP contribution in [-0.4, -0.2) is 54.2 Å². The van der Waals surface area contributed by atoms with Crippen molar-refractivity contribution >= 4 is 5.95 Å². The highest BCUT2D eigenvalue weighted by atomic mass is 16.5. The summed E-state index contributed by atoms with van der Waals surface area (Å²) in [6.07, 6.45) is 2.13. The van der Waals surface area contributed by atoms with Gasteiger partial charge in [0.1, 0.15) is 5.82 Å². The average molecular weight is 251 g/mol. The molecule has 0 amide bonds. The molecule has 0 atom stereocenters. The number of aromatic nitrogens is 3. The molecule has 6 heteroatoms. The van der Waals surface area contributed by atoms with Gasteiger partial charge in [0.25, 0.3) is 0 Å². The Bertz CT molecular complexity index is 358. The second kappa shape index (κ2) is 5.24. The lowest BCUT2D eigenvalue weighted by Crippen LogP contribution is -2.44. The van der Waals surface area contributed by atoms with E-state index in [1.807, 2.05) is 0 Å². The molecule has 2 aliphatic heterocycles. The van der Waals surface area contributed by atoms with Crippen molar-refractivity contribution in [3.63, 3.8) is 0 Å². The van der Waals surface area contributed by atoms with E-state index in [1.54, 1.807) is 0 Å². The summed E-state index contributed by atoms with van der Waals surface area (Å²) in [5.41, 5.74) is 0. The molecule has 100 valence electrons. The number of piperazine rings is 1. The molecule has 2 saturated heterocycles. The molecular weight excluding hydrogens is 230 g/mol. The molecule has 2 fully saturated rings. The van der Waals surface area contributed by atoms with Gasteiger partial charge in [-0.05, 0) is 12.8 Å². The summed E-state index contributed by atoms with van der Waals surface area (Å²) in [6.45, 7) is 5.78. The Morgan fingerprint density at radius 2 is 1.89 bits per heavy atom. The quantitative estimate of drug-likeness (QED) is 0.809. The number of nitrogens with zero attached hydrogens (tertiary/aromatic N) is 4. The van der Waals surface area contributed by atoms with Crippen molar-refractivity contribution < 1.29 is 4.74 Å². The third-order valence-corrected chi connectivity index (χ3v) is 3.87. The van der Waals surface area contributed by atoms with E-state index in [9.17, 15) is 0 Å². The third kappa shape index (κ3) is 2.22. The van der Waals surface area contributed by atoms with Crippen molar-refractivity contribution in [2.24, 2.45) is 7.05 Å².